The summed E-state index contributed by atoms with van der Waals surface area (Å²) in [6.45, 7) is 11.5. The summed E-state index contributed by atoms with van der Waals surface area (Å²) in [7, 11) is 0. The first-order valence-electron chi connectivity index (χ1n) is 7.15. The number of nitrogens with one attached hydrogen (secondary N) is 1. The topological polar surface area (TPSA) is 15.3 Å². The van der Waals surface area contributed by atoms with Crippen molar-refractivity contribution in [3.63, 3.8) is 0 Å². The predicted molar refractivity (Wildman–Crippen MR) is 72.2 cm³/mol. The van der Waals surface area contributed by atoms with Crippen LogP contribution in [0.2, 0.25) is 0 Å². The molecule has 1 aliphatic rings. The second kappa shape index (κ2) is 6.00. The van der Waals surface area contributed by atoms with Crippen molar-refractivity contribution < 1.29 is 13.2 Å². The second-order valence-electron chi connectivity index (χ2n) is 6.45. The van der Waals surface area contributed by atoms with Crippen LogP contribution in [0, 0.1) is 5.92 Å². The molecular formula is C14H27F3N2. The maximum atomic E-state index is 12.6. The van der Waals surface area contributed by atoms with Crippen LogP contribution >= 0.6 is 0 Å². The zero-order valence-electron chi connectivity index (χ0n) is 12.6. The quantitative estimate of drug-likeness (QED) is 0.849. The highest BCUT2D eigenvalue weighted by atomic mass is 19.4. The third-order valence-electron chi connectivity index (χ3n) is 4.34. The number of halogens is 3. The third-order valence-corrected chi connectivity index (χ3v) is 4.34. The van der Waals surface area contributed by atoms with Crippen LogP contribution in [0.25, 0.3) is 0 Å². The molecule has 5 heteroatoms. The second-order valence-corrected chi connectivity index (χ2v) is 6.45. The predicted octanol–water partition coefficient (Wildman–Crippen LogP) is 3.43. The fourth-order valence-corrected chi connectivity index (χ4v) is 2.83. The number of piperazine rings is 1. The van der Waals surface area contributed by atoms with E-state index in [4.69, 9.17) is 0 Å². The van der Waals surface area contributed by atoms with E-state index in [1.165, 1.54) is 0 Å². The summed E-state index contributed by atoms with van der Waals surface area (Å²) in [5.41, 5.74) is -0.0781. The summed E-state index contributed by atoms with van der Waals surface area (Å²) in [6, 6.07) is -0.280. The SMILES string of the molecule is CCC1(C)CN(C(C)CC(F)(F)F)C(C(C)C)CN1. The van der Waals surface area contributed by atoms with Gasteiger partial charge in [-0.15, -0.1) is 0 Å². The first kappa shape index (κ1) is 16.8. The molecule has 114 valence electrons. The van der Waals surface area contributed by atoms with Gasteiger partial charge >= 0.3 is 6.18 Å². The van der Waals surface area contributed by atoms with Crippen molar-refractivity contribution in [2.75, 3.05) is 13.1 Å². The van der Waals surface area contributed by atoms with Gasteiger partial charge in [0, 0.05) is 30.7 Å². The van der Waals surface area contributed by atoms with Crippen LogP contribution in [0.5, 0.6) is 0 Å². The Morgan fingerprint density at radius 1 is 1.32 bits per heavy atom. The Kier molecular flexibility index (Phi) is 5.29. The van der Waals surface area contributed by atoms with Crippen molar-refractivity contribution in [3.05, 3.63) is 0 Å². The van der Waals surface area contributed by atoms with Crippen LogP contribution in [0.3, 0.4) is 0 Å². The van der Waals surface area contributed by atoms with E-state index in [1.807, 2.05) is 0 Å². The standard InChI is InChI=1S/C14H27F3N2/c1-6-13(5)9-19(11(4)7-14(15,16)17)12(8-18-13)10(2)3/h10-12,18H,6-9H2,1-5H3. The Bertz CT molecular complexity index is 291. The van der Waals surface area contributed by atoms with Crippen molar-refractivity contribution in [2.24, 2.45) is 5.92 Å². The first-order valence-corrected chi connectivity index (χ1v) is 7.15. The zero-order valence-corrected chi connectivity index (χ0v) is 12.6. The summed E-state index contributed by atoms with van der Waals surface area (Å²) in [5, 5.41) is 3.50. The molecule has 1 aliphatic heterocycles. The van der Waals surface area contributed by atoms with Gasteiger partial charge in [0.2, 0.25) is 0 Å². The maximum Gasteiger partial charge on any atom is 0.390 e. The Labute approximate surface area is 114 Å². The molecule has 0 radical (unpaired) electrons. The van der Waals surface area contributed by atoms with Gasteiger partial charge < -0.3 is 5.32 Å². The van der Waals surface area contributed by atoms with E-state index < -0.39 is 18.6 Å². The molecular weight excluding hydrogens is 253 g/mol. The molecule has 0 saturated carbocycles. The van der Waals surface area contributed by atoms with Crippen LogP contribution in [0.4, 0.5) is 13.2 Å². The summed E-state index contributed by atoms with van der Waals surface area (Å²) in [5.74, 6) is 0.351. The Balaban J connectivity index is 2.82. The van der Waals surface area contributed by atoms with E-state index >= 15 is 0 Å². The molecule has 0 aliphatic carbocycles. The van der Waals surface area contributed by atoms with Crippen LogP contribution in [0.1, 0.15) is 47.5 Å². The summed E-state index contributed by atoms with van der Waals surface area (Å²) >= 11 is 0. The molecule has 1 heterocycles. The molecule has 0 amide bonds. The van der Waals surface area contributed by atoms with E-state index in [-0.39, 0.29) is 11.6 Å². The number of hydrogen-bond acceptors (Lipinski definition) is 2. The first-order chi connectivity index (χ1) is 8.58. The fourth-order valence-electron chi connectivity index (χ4n) is 2.83. The van der Waals surface area contributed by atoms with E-state index in [0.29, 0.717) is 12.5 Å². The minimum absolute atomic E-state index is 0.0781. The van der Waals surface area contributed by atoms with Gasteiger partial charge in [0.15, 0.2) is 0 Å². The van der Waals surface area contributed by atoms with Gasteiger partial charge in [-0.05, 0) is 26.2 Å². The van der Waals surface area contributed by atoms with Crippen LogP contribution in [-0.2, 0) is 0 Å². The van der Waals surface area contributed by atoms with Gasteiger partial charge in [-0.3, -0.25) is 4.90 Å². The Morgan fingerprint density at radius 2 is 1.89 bits per heavy atom. The summed E-state index contributed by atoms with van der Waals surface area (Å²) in [6.07, 6.45) is -3.89. The molecule has 1 N–H and O–H groups in total. The molecule has 0 aromatic heterocycles. The molecule has 0 spiro atoms. The van der Waals surface area contributed by atoms with Crippen molar-refractivity contribution >= 4 is 0 Å². The fraction of sp³-hybridized carbons (Fsp3) is 1.00. The summed E-state index contributed by atoms with van der Waals surface area (Å²) < 4.78 is 37.9. The minimum atomic E-state index is -4.09. The molecule has 0 bridgehead atoms. The number of rotatable bonds is 4. The van der Waals surface area contributed by atoms with Gasteiger partial charge in [-0.2, -0.15) is 13.2 Å². The van der Waals surface area contributed by atoms with E-state index in [2.05, 4.69) is 37.9 Å². The molecule has 0 aromatic rings. The molecule has 3 unspecified atom stereocenters. The lowest BCUT2D eigenvalue weighted by molar-refractivity contribution is -0.151. The van der Waals surface area contributed by atoms with Crippen molar-refractivity contribution in [1.82, 2.24) is 10.2 Å². The highest BCUT2D eigenvalue weighted by molar-refractivity contribution is 4.97. The Morgan fingerprint density at radius 3 is 2.32 bits per heavy atom. The molecule has 1 saturated heterocycles. The molecule has 1 fully saturated rings. The van der Waals surface area contributed by atoms with Crippen molar-refractivity contribution in [2.45, 2.75) is 71.3 Å². The van der Waals surface area contributed by atoms with Gasteiger partial charge in [-0.1, -0.05) is 20.8 Å². The Hall–Kier alpha value is -0.290. The average Bonchev–Trinajstić information content (AvgIpc) is 2.26. The molecule has 0 aromatic carbocycles. The van der Waals surface area contributed by atoms with Crippen LogP contribution in [-0.4, -0.2) is 41.8 Å². The minimum Gasteiger partial charge on any atom is -0.309 e. The lowest BCUT2D eigenvalue weighted by Gasteiger charge is -2.50. The lowest BCUT2D eigenvalue weighted by Crippen LogP contribution is -2.66. The third kappa shape index (κ3) is 4.63. The van der Waals surface area contributed by atoms with Crippen LogP contribution in [0.15, 0.2) is 0 Å². The van der Waals surface area contributed by atoms with Gasteiger partial charge in [0.25, 0.3) is 0 Å². The molecule has 1 rings (SSSR count). The van der Waals surface area contributed by atoms with E-state index in [9.17, 15) is 13.2 Å². The molecule has 3 atom stereocenters. The largest absolute Gasteiger partial charge is 0.390 e. The van der Waals surface area contributed by atoms with Crippen molar-refractivity contribution in [1.29, 1.82) is 0 Å². The highest BCUT2D eigenvalue weighted by Gasteiger charge is 2.41. The zero-order chi connectivity index (χ0) is 14.8. The smallest absolute Gasteiger partial charge is 0.309 e. The van der Waals surface area contributed by atoms with E-state index in [0.717, 1.165) is 13.0 Å². The number of hydrogen-bond donors (Lipinski definition) is 1. The average molecular weight is 280 g/mol. The normalized spacial score (nSPS) is 31.7. The molecule has 2 nitrogen and oxygen atoms in total. The number of nitrogens with zero attached hydrogens (tertiary/aromatic N) is 1. The highest BCUT2D eigenvalue weighted by Crippen LogP contribution is 2.30. The maximum absolute atomic E-state index is 12.6. The van der Waals surface area contributed by atoms with Gasteiger partial charge in [0.1, 0.15) is 0 Å². The lowest BCUT2D eigenvalue weighted by atomic mass is 9.88. The number of alkyl halides is 3. The summed E-state index contributed by atoms with van der Waals surface area (Å²) in [4.78, 5) is 2.05. The van der Waals surface area contributed by atoms with Crippen LogP contribution < -0.4 is 5.32 Å². The van der Waals surface area contributed by atoms with Gasteiger partial charge in [-0.25, -0.2) is 0 Å². The van der Waals surface area contributed by atoms with E-state index in [1.54, 1.807) is 6.92 Å². The molecule has 19 heavy (non-hydrogen) atoms. The monoisotopic (exact) mass is 280 g/mol. The van der Waals surface area contributed by atoms with Gasteiger partial charge in [0.05, 0.1) is 6.42 Å². The van der Waals surface area contributed by atoms with Crippen molar-refractivity contribution in [3.8, 4) is 0 Å².